The number of halogens is 4. The number of methoxy groups -OCH3 is 1. The molecule has 29 heavy (non-hydrogen) atoms. The Bertz CT molecular complexity index is 1040. The number of rotatable bonds is 5. The summed E-state index contributed by atoms with van der Waals surface area (Å²) in [5, 5.41) is 3.05. The lowest BCUT2D eigenvalue weighted by atomic mass is 10.1. The van der Waals surface area contributed by atoms with Crippen molar-refractivity contribution in [1.82, 2.24) is 10.3 Å². The molecule has 0 spiro atoms. The number of aromatic nitrogens is 1. The lowest BCUT2D eigenvalue weighted by Crippen LogP contribution is -2.23. The van der Waals surface area contributed by atoms with Gasteiger partial charge in [-0.2, -0.15) is 13.2 Å². The van der Waals surface area contributed by atoms with E-state index < -0.39 is 17.6 Å². The van der Waals surface area contributed by atoms with Gasteiger partial charge in [0.2, 0.25) is 0 Å². The highest BCUT2D eigenvalue weighted by molar-refractivity contribution is 6.33. The summed E-state index contributed by atoms with van der Waals surface area (Å²) in [5.74, 6) is -0.0447. The molecule has 0 aliphatic carbocycles. The molecule has 3 aromatic rings. The molecule has 0 aliphatic rings. The molecular weight excluding hydrogens is 405 g/mol. The van der Waals surface area contributed by atoms with Crippen molar-refractivity contribution in [2.24, 2.45) is 0 Å². The number of pyridine rings is 1. The van der Waals surface area contributed by atoms with E-state index in [0.717, 1.165) is 12.1 Å². The summed E-state index contributed by atoms with van der Waals surface area (Å²) < 4.78 is 43.8. The molecule has 8 heteroatoms. The van der Waals surface area contributed by atoms with Crippen LogP contribution in [0.5, 0.6) is 5.75 Å². The molecule has 150 valence electrons. The third kappa shape index (κ3) is 4.86. The highest BCUT2D eigenvalue weighted by atomic mass is 35.5. The Hall–Kier alpha value is -3.06. The van der Waals surface area contributed by atoms with Crippen LogP contribution in [0.15, 0.2) is 60.8 Å². The minimum atomic E-state index is -4.43. The van der Waals surface area contributed by atoms with E-state index in [0.29, 0.717) is 33.2 Å². The van der Waals surface area contributed by atoms with Crippen molar-refractivity contribution in [3.63, 3.8) is 0 Å². The van der Waals surface area contributed by atoms with Gasteiger partial charge in [-0.1, -0.05) is 23.7 Å². The van der Waals surface area contributed by atoms with Gasteiger partial charge < -0.3 is 10.1 Å². The van der Waals surface area contributed by atoms with Gasteiger partial charge in [-0.15, -0.1) is 0 Å². The SMILES string of the molecule is COc1cc(C(=O)NCc2cccc(C(F)(F)F)c2)ccc1-c1ncccc1Cl. The van der Waals surface area contributed by atoms with Crippen molar-refractivity contribution in [1.29, 1.82) is 0 Å². The Kier molecular flexibility index (Phi) is 6.08. The number of alkyl halides is 3. The van der Waals surface area contributed by atoms with Gasteiger partial charge in [0.15, 0.2) is 0 Å². The summed E-state index contributed by atoms with van der Waals surface area (Å²) in [4.78, 5) is 16.7. The number of nitrogens with one attached hydrogen (secondary N) is 1. The Morgan fingerprint density at radius 3 is 2.62 bits per heavy atom. The molecule has 0 unspecified atom stereocenters. The van der Waals surface area contributed by atoms with Crippen LogP contribution < -0.4 is 10.1 Å². The van der Waals surface area contributed by atoms with Gasteiger partial charge in [-0.05, 0) is 48.0 Å². The highest BCUT2D eigenvalue weighted by Crippen LogP contribution is 2.34. The molecular formula is C21H16ClF3N2O2. The molecule has 1 heterocycles. The van der Waals surface area contributed by atoms with Crippen LogP contribution in [0.1, 0.15) is 21.5 Å². The average Bonchev–Trinajstić information content (AvgIpc) is 2.71. The number of amides is 1. The molecule has 0 fully saturated rings. The largest absolute Gasteiger partial charge is 0.496 e. The van der Waals surface area contributed by atoms with Crippen molar-refractivity contribution in [3.8, 4) is 17.0 Å². The van der Waals surface area contributed by atoms with Crippen molar-refractivity contribution in [2.45, 2.75) is 12.7 Å². The Labute approximate surface area is 170 Å². The number of hydrogen-bond acceptors (Lipinski definition) is 3. The quantitative estimate of drug-likeness (QED) is 0.604. The van der Waals surface area contributed by atoms with Gasteiger partial charge >= 0.3 is 6.18 Å². The van der Waals surface area contributed by atoms with E-state index >= 15 is 0 Å². The highest BCUT2D eigenvalue weighted by Gasteiger charge is 2.30. The minimum Gasteiger partial charge on any atom is -0.496 e. The van der Waals surface area contributed by atoms with Gasteiger partial charge in [-0.3, -0.25) is 9.78 Å². The van der Waals surface area contributed by atoms with Crippen LogP contribution in [-0.2, 0) is 12.7 Å². The summed E-state index contributed by atoms with van der Waals surface area (Å²) in [5.41, 5.74) is 1.01. The van der Waals surface area contributed by atoms with E-state index in [1.54, 1.807) is 30.5 Å². The van der Waals surface area contributed by atoms with E-state index in [2.05, 4.69) is 10.3 Å². The first kappa shape index (κ1) is 20.7. The van der Waals surface area contributed by atoms with Crippen molar-refractivity contribution in [3.05, 3.63) is 82.5 Å². The standard InChI is InChI=1S/C21H16ClF3N2O2/c1-29-18-11-14(7-8-16(18)19-17(22)6-3-9-26-19)20(28)27-12-13-4-2-5-15(10-13)21(23,24)25/h2-11H,12H2,1H3,(H,27,28). The molecule has 4 nitrogen and oxygen atoms in total. The third-order valence-corrected chi connectivity index (χ3v) is 4.49. The first-order chi connectivity index (χ1) is 13.8. The molecule has 1 N–H and O–H groups in total. The van der Waals surface area contributed by atoms with Crippen molar-refractivity contribution >= 4 is 17.5 Å². The monoisotopic (exact) mass is 420 g/mol. The number of ether oxygens (including phenoxy) is 1. The Balaban J connectivity index is 1.78. The second kappa shape index (κ2) is 8.53. The zero-order valence-corrected chi connectivity index (χ0v) is 16.0. The average molecular weight is 421 g/mol. The third-order valence-electron chi connectivity index (χ3n) is 4.18. The zero-order chi connectivity index (χ0) is 21.0. The Morgan fingerprint density at radius 1 is 1.14 bits per heavy atom. The molecule has 0 radical (unpaired) electrons. The van der Waals surface area contributed by atoms with Gasteiger partial charge in [0.25, 0.3) is 5.91 Å². The van der Waals surface area contributed by atoms with Crippen LogP contribution in [0, 0.1) is 0 Å². The number of hydrogen-bond donors (Lipinski definition) is 1. The van der Waals surface area contributed by atoms with Crippen LogP contribution >= 0.6 is 11.6 Å². The van der Waals surface area contributed by atoms with Crippen LogP contribution in [0.2, 0.25) is 5.02 Å². The first-order valence-corrected chi connectivity index (χ1v) is 8.90. The van der Waals surface area contributed by atoms with Gasteiger partial charge in [0.05, 0.1) is 23.4 Å². The number of benzene rings is 2. The van der Waals surface area contributed by atoms with Crippen LogP contribution in [0.3, 0.4) is 0 Å². The fraction of sp³-hybridized carbons (Fsp3) is 0.143. The molecule has 0 aliphatic heterocycles. The predicted molar refractivity (Wildman–Crippen MR) is 104 cm³/mol. The summed E-state index contributed by atoms with van der Waals surface area (Å²) in [7, 11) is 1.46. The fourth-order valence-corrected chi connectivity index (χ4v) is 2.98. The molecule has 1 aromatic heterocycles. The van der Waals surface area contributed by atoms with Crippen LogP contribution in [0.4, 0.5) is 13.2 Å². The number of carbonyl (C=O) groups is 1. The number of carbonyl (C=O) groups excluding carboxylic acids is 1. The summed E-state index contributed by atoms with van der Waals surface area (Å²) in [6, 6.07) is 13.0. The van der Waals surface area contributed by atoms with E-state index in [1.165, 1.54) is 25.3 Å². The normalized spacial score (nSPS) is 11.2. The number of nitrogens with zero attached hydrogens (tertiary/aromatic N) is 1. The molecule has 0 bridgehead atoms. The lowest BCUT2D eigenvalue weighted by molar-refractivity contribution is -0.137. The fourth-order valence-electron chi connectivity index (χ4n) is 2.75. The molecule has 1 amide bonds. The smallest absolute Gasteiger partial charge is 0.416 e. The van der Waals surface area contributed by atoms with Crippen LogP contribution in [0.25, 0.3) is 11.3 Å². The van der Waals surface area contributed by atoms with E-state index in [-0.39, 0.29) is 6.54 Å². The van der Waals surface area contributed by atoms with Gasteiger partial charge in [-0.25, -0.2) is 0 Å². The maximum Gasteiger partial charge on any atom is 0.416 e. The second-order valence-corrected chi connectivity index (χ2v) is 6.54. The molecule has 3 rings (SSSR count). The molecule has 0 saturated heterocycles. The second-order valence-electron chi connectivity index (χ2n) is 6.13. The van der Waals surface area contributed by atoms with Gasteiger partial charge in [0.1, 0.15) is 5.75 Å². The van der Waals surface area contributed by atoms with E-state index in [4.69, 9.17) is 16.3 Å². The summed E-state index contributed by atoms with van der Waals surface area (Å²) >= 11 is 6.17. The van der Waals surface area contributed by atoms with Gasteiger partial charge in [0, 0.05) is 23.9 Å². The zero-order valence-electron chi connectivity index (χ0n) is 15.3. The molecule has 0 atom stereocenters. The summed E-state index contributed by atoms with van der Waals surface area (Å²) in [6.45, 7) is -0.0428. The maximum absolute atomic E-state index is 12.8. The van der Waals surface area contributed by atoms with Crippen molar-refractivity contribution < 1.29 is 22.7 Å². The Morgan fingerprint density at radius 2 is 1.93 bits per heavy atom. The van der Waals surface area contributed by atoms with E-state index in [1.807, 2.05) is 0 Å². The topological polar surface area (TPSA) is 51.2 Å². The maximum atomic E-state index is 12.8. The molecule has 0 saturated carbocycles. The van der Waals surface area contributed by atoms with Crippen molar-refractivity contribution in [2.75, 3.05) is 7.11 Å². The molecule has 2 aromatic carbocycles. The first-order valence-electron chi connectivity index (χ1n) is 8.53. The lowest BCUT2D eigenvalue weighted by Gasteiger charge is -2.12. The van der Waals surface area contributed by atoms with Crippen LogP contribution in [-0.4, -0.2) is 18.0 Å². The van der Waals surface area contributed by atoms with E-state index in [9.17, 15) is 18.0 Å². The summed E-state index contributed by atoms with van der Waals surface area (Å²) in [6.07, 6.45) is -2.84. The predicted octanol–water partition coefficient (Wildman–Crippen LogP) is 5.36. The minimum absolute atomic E-state index is 0.0428.